The van der Waals surface area contributed by atoms with E-state index in [9.17, 15) is 14.0 Å². The van der Waals surface area contributed by atoms with Crippen molar-refractivity contribution in [2.45, 2.75) is 19.4 Å². The van der Waals surface area contributed by atoms with Crippen molar-refractivity contribution in [2.24, 2.45) is 0 Å². The minimum Gasteiger partial charge on any atom is -0.260 e. The maximum Gasteiger partial charge on any atom is 0.333 e. The molecule has 0 saturated carbocycles. The van der Waals surface area contributed by atoms with E-state index < -0.39 is 11.7 Å². The Morgan fingerprint density at radius 2 is 2.14 bits per heavy atom. The van der Waals surface area contributed by atoms with Crippen LogP contribution in [0.4, 0.5) is 8.78 Å². The van der Waals surface area contributed by atoms with Gasteiger partial charge in [-0.05, 0) is 29.5 Å². The molecule has 140 valence electrons. The average molecular weight is 401 g/mol. The molecular formula is C17H11ClF2N8. The smallest absolute Gasteiger partial charge is 0.260 e. The summed E-state index contributed by atoms with van der Waals surface area (Å²) in [7, 11) is 0. The van der Waals surface area contributed by atoms with Crippen LogP contribution in [0.2, 0.25) is 5.15 Å². The molecule has 0 aliphatic carbocycles. The fourth-order valence-corrected chi connectivity index (χ4v) is 3.17. The lowest BCUT2D eigenvalue weighted by Crippen LogP contribution is -2.17. The number of hydrogen-bond donors (Lipinski definition) is 1. The molecule has 1 aromatic carbocycles. The molecule has 0 unspecified atom stereocenters. The molecule has 0 aliphatic rings. The van der Waals surface area contributed by atoms with Crippen LogP contribution in [0.3, 0.4) is 0 Å². The van der Waals surface area contributed by atoms with Gasteiger partial charge in [-0.2, -0.15) is 19.1 Å². The molecule has 0 fully saturated rings. The highest BCUT2D eigenvalue weighted by molar-refractivity contribution is 6.30. The summed E-state index contributed by atoms with van der Waals surface area (Å²) >= 11 is 6.14. The van der Waals surface area contributed by atoms with E-state index in [0.717, 1.165) is 0 Å². The van der Waals surface area contributed by atoms with Crippen LogP contribution in [0.5, 0.6) is 0 Å². The van der Waals surface area contributed by atoms with Crippen LogP contribution < -0.4 is 0 Å². The van der Waals surface area contributed by atoms with Crippen molar-refractivity contribution in [3.63, 3.8) is 0 Å². The molecule has 3 aromatic heterocycles. The Bertz CT molecular complexity index is 1210. The number of aryl methyl sites for hydroxylation is 1. The molecule has 0 spiro atoms. The van der Waals surface area contributed by atoms with E-state index in [-0.39, 0.29) is 17.3 Å². The molecule has 3 heterocycles. The standard InChI is InChI=1S/C17H11ClF2N8/c1-9-12-3-2-11(17(19,20)16-23-26-27-24-16)6-14(12)28(25-9)8-13-10(7-21)4-5-22-15(13)18/h2-6H,8H2,1H3,(H,23,24,26,27). The summed E-state index contributed by atoms with van der Waals surface area (Å²) in [5, 5.41) is 26.4. The third-order valence-electron chi connectivity index (χ3n) is 4.37. The van der Waals surface area contributed by atoms with E-state index in [4.69, 9.17) is 11.6 Å². The van der Waals surface area contributed by atoms with Gasteiger partial charge < -0.3 is 0 Å². The molecule has 1 N–H and O–H groups in total. The summed E-state index contributed by atoms with van der Waals surface area (Å²) in [5.74, 6) is -4.07. The van der Waals surface area contributed by atoms with Gasteiger partial charge in [-0.3, -0.25) is 4.68 Å². The van der Waals surface area contributed by atoms with Gasteiger partial charge in [0, 0.05) is 22.7 Å². The van der Waals surface area contributed by atoms with Gasteiger partial charge in [0.05, 0.1) is 29.4 Å². The number of alkyl halides is 2. The fourth-order valence-electron chi connectivity index (χ4n) is 2.96. The topological polar surface area (TPSA) is 109 Å². The van der Waals surface area contributed by atoms with Crippen LogP contribution in [-0.2, 0) is 12.5 Å². The molecule has 11 heteroatoms. The van der Waals surface area contributed by atoms with Crippen molar-refractivity contribution in [1.29, 1.82) is 5.26 Å². The molecule has 0 bridgehead atoms. The summed E-state index contributed by atoms with van der Waals surface area (Å²) in [5.41, 5.74) is 1.64. The number of aromatic nitrogens is 7. The highest BCUT2D eigenvalue weighted by Gasteiger charge is 2.38. The van der Waals surface area contributed by atoms with Gasteiger partial charge in [0.25, 0.3) is 0 Å². The van der Waals surface area contributed by atoms with Crippen molar-refractivity contribution in [3.8, 4) is 6.07 Å². The number of H-pyrrole nitrogens is 1. The van der Waals surface area contributed by atoms with Crippen LogP contribution in [0.1, 0.15) is 28.2 Å². The summed E-state index contributed by atoms with van der Waals surface area (Å²) in [6.07, 6.45) is 1.43. The lowest BCUT2D eigenvalue weighted by atomic mass is 10.1. The van der Waals surface area contributed by atoms with Crippen LogP contribution in [-0.4, -0.2) is 35.4 Å². The Labute approximate surface area is 161 Å². The molecule has 0 radical (unpaired) electrons. The number of nitriles is 1. The predicted octanol–water partition coefficient (Wildman–Crippen LogP) is 2.97. The second-order valence-electron chi connectivity index (χ2n) is 6.04. The Morgan fingerprint density at radius 3 is 2.86 bits per heavy atom. The van der Waals surface area contributed by atoms with Crippen molar-refractivity contribution in [2.75, 3.05) is 0 Å². The summed E-state index contributed by atoms with van der Waals surface area (Å²) in [4.78, 5) is 3.99. The molecule has 0 saturated heterocycles. The van der Waals surface area contributed by atoms with Gasteiger partial charge in [0.15, 0.2) is 0 Å². The first-order chi connectivity index (χ1) is 13.4. The lowest BCUT2D eigenvalue weighted by Gasteiger charge is -2.14. The Hall–Kier alpha value is -3.45. The van der Waals surface area contributed by atoms with E-state index in [0.29, 0.717) is 27.7 Å². The highest BCUT2D eigenvalue weighted by atomic mass is 35.5. The van der Waals surface area contributed by atoms with Gasteiger partial charge >= 0.3 is 5.92 Å². The number of nitrogens with zero attached hydrogens (tertiary/aromatic N) is 7. The average Bonchev–Trinajstić information content (AvgIpc) is 3.33. The van der Waals surface area contributed by atoms with Crippen LogP contribution >= 0.6 is 11.6 Å². The number of nitrogens with one attached hydrogen (secondary N) is 1. The van der Waals surface area contributed by atoms with Crippen molar-refractivity contribution in [1.82, 2.24) is 35.4 Å². The van der Waals surface area contributed by atoms with Gasteiger partial charge in [-0.25, -0.2) is 10.1 Å². The quantitative estimate of drug-likeness (QED) is 0.527. The Kier molecular flexibility index (Phi) is 4.24. The summed E-state index contributed by atoms with van der Waals surface area (Å²) in [6, 6.07) is 7.79. The molecule has 0 atom stereocenters. The van der Waals surface area contributed by atoms with Crippen molar-refractivity contribution >= 4 is 22.5 Å². The number of fused-ring (bicyclic) bond motifs is 1. The number of aromatic amines is 1. The minimum atomic E-state index is -3.41. The number of hydrogen-bond acceptors (Lipinski definition) is 6. The van der Waals surface area contributed by atoms with Crippen LogP contribution in [0.15, 0.2) is 30.5 Å². The zero-order valence-electron chi connectivity index (χ0n) is 14.4. The first kappa shape index (κ1) is 17.9. The SMILES string of the molecule is Cc1nn(Cc2c(C#N)ccnc2Cl)c2cc(C(F)(F)c3nnn[nH]3)ccc12. The van der Waals surface area contributed by atoms with Crippen molar-refractivity contribution in [3.05, 3.63) is 63.8 Å². The maximum absolute atomic E-state index is 14.7. The largest absolute Gasteiger partial charge is 0.333 e. The molecule has 4 aromatic rings. The first-order valence-corrected chi connectivity index (χ1v) is 8.42. The molecule has 0 aliphatic heterocycles. The lowest BCUT2D eigenvalue weighted by molar-refractivity contribution is 0.0330. The monoisotopic (exact) mass is 400 g/mol. The number of halogens is 3. The van der Waals surface area contributed by atoms with Crippen LogP contribution in [0.25, 0.3) is 10.9 Å². The van der Waals surface area contributed by atoms with E-state index in [2.05, 4.69) is 36.8 Å². The summed E-state index contributed by atoms with van der Waals surface area (Å²) < 4.78 is 31.0. The Balaban J connectivity index is 1.84. The molecular weight excluding hydrogens is 390 g/mol. The van der Waals surface area contributed by atoms with Crippen LogP contribution in [0, 0.1) is 18.3 Å². The normalized spacial score (nSPS) is 11.7. The molecule has 4 rings (SSSR count). The third-order valence-corrected chi connectivity index (χ3v) is 4.70. The second-order valence-corrected chi connectivity index (χ2v) is 6.40. The number of rotatable bonds is 4. The predicted molar refractivity (Wildman–Crippen MR) is 94.7 cm³/mol. The third kappa shape index (κ3) is 2.86. The van der Waals surface area contributed by atoms with Gasteiger partial charge in [0.2, 0.25) is 5.82 Å². The highest BCUT2D eigenvalue weighted by Crippen LogP contribution is 2.35. The zero-order chi connectivity index (χ0) is 19.9. The van der Waals surface area contributed by atoms with E-state index in [1.165, 1.54) is 29.1 Å². The van der Waals surface area contributed by atoms with E-state index >= 15 is 0 Å². The van der Waals surface area contributed by atoms with Crippen molar-refractivity contribution < 1.29 is 8.78 Å². The number of tetrazole rings is 1. The van der Waals surface area contributed by atoms with E-state index in [1.54, 1.807) is 13.0 Å². The van der Waals surface area contributed by atoms with Gasteiger partial charge in [-0.15, -0.1) is 5.10 Å². The zero-order valence-corrected chi connectivity index (χ0v) is 15.1. The summed E-state index contributed by atoms with van der Waals surface area (Å²) in [6.45, 7) is 1.88. The van der Waals surface area contributed by atoms with Gasteiger partial charge in [-0.1, -0.05) is 23.7 Å². The maximum atomic E-state index is 14.7. The molecule has 8 nitrogen and oxygen atoms in total. The number of pyridine rings is 1. The van der Waals surface area contributed by atoms with Gasteiger partial charge in [0.1, 0.15) is 5.15 Å². The second kappa shape index (κ2) is 6.61. The van der Waals surface area contributed by atoms with E-state index in [1.807, 2.05) is 0 Å². The molecule has 28 heavy (non-hydrogen) atoms. The first-order valence-electron chi connectivity index (χ1n) is 8.05. The minimum absolute atomic E-state index is 0.110. The molecule has 0 amide bonds. The fraction of sp³-hybridized carbons (Fsp3) is 0.176. The Morgan fingerprint density at radius 1 is 1.32 bits per heavy atom. The number of benzene rings is 1.